The van der Waals surface area contributed by atoms with Gasteiger partial charge in [-0.1, -0.05) is 13.8 Å². The number of hydrogen-bond donors (Lipinski definition) is 1. The first kappa shape index (κ1) is 9.23. The van der Waals surface area contributed by atoms with Crippen molar-refractivity contribution >= 4 is 11.8 Å². The van der Waals surface area contributed by atoms with E-state index in [9.17, 15) is 9.59 Å². The van der Waals surface area contributed by atoms with Crippen molar-refractivity contribution in [1.29, 1.82) is 0 Å². The molecule has 1 aliphatic carbocycles. The van der Waals surface area contributed by atoms with E-state index in [1.807, 2.05) is 13.8 Å². The summed E-state index contributed by atoms with van der Waals surface area (Å²) in [7, 11) is 0. The first-order chi connectivity index (χ1) is 5.43. The van der Waals surface area contributed by atoms with Crippen LogP contribution in [-0.2, 0) is 9.59 Å². The van der Waals surface area contributed by atoms with E-state index in [0.29, 0.717) is 6.42 Å². The van der Waals surface area contributed by atoms with Gasteiger partial charge < -0.3 is 5.11 Å². The zero-order valence-electron chi connectivity index (χ0n) is 7.63. The second-order valence-electron chi connectivity index (χ2n) is 3.87. The van der Waals surface area contributed by atoms with E-state index in [4.69, 9.17) is 5.11 Å². The van der Waals surface area contributed by atoms with Crippen LogP contribution in [0.15, 0.2) is 0 Å². The maximum absolute atomic E-state index is 11.0. The third-order valence-corrected chi connectivity index (χ3v) is 2.92. The fraction of sp³-hybridized carbons (Fsp3) is 0.778. The van der Waals surface area contributed by atoms with E-state index in [1.54, 1.807) is 0 Å². The summed E-state index contributed by atoms with van der Waals surface area (Å²) < 4.78 is 0. The van der Waals surface area contributed by atoms with Crippen LogP contribution in [-0.4, -0.2) is 16.9 Å². The monoisotopic (exact) mass is 170 g/mol. The predicted molar refractivity (Wildman–Crippen MR) is 43.7 cm³/mol. The molecular formula is C9H14O3. The molecule has 0 aliphatic heterocycles. The number of carbonyl (C=O) groups excluding carboxylic acids is 1. The second-order valence-corrected chi connectivity index (χ2v) is 3.87. The fourth-order valence-corrected chi connectivity index (χ4v) is 1.91. The second kappa shape index (κ2) is 2.57. The highest BCUT2D eigenvalue weighted by molar-refractivity contribution is 5.92. The molecule has 0 aromatic heterocycles. The van der Waals surface area contributed by atoms with Gasteiger partial charge in [0.25, 0.3) is 0 Å². The van der Waals surface area contributed by atoms with Crippen LogP contribution in [0, 0.1) is 17.3 Å². The lowest BCUT2D eigenvalue weighted by Gasteiger charge is -2.15. The molecule has 0 radical (unpaired) electrons. The highest BCUT2D eigenvalue weighted by atomic mass is 16.4. The molecule has 1 N–H and O–H groups in total. The number of carbonyl (C=O) groups is 2. The lowest BCUT2D eigenvalue weighted by Crippen LogP contribution is -2.25. The minimum atomic E-state index is -0.822. The van der Waals surface area contributed by atoms with E-state index in [1.165, 1.54) is 6.92 Å². The highest BCUT2D eigenvalue weighted by Crippen LogP contribution is 2.58. The summed E-state index contributed by atoms with van der Waals surface area (Å²) in [6.45, 7) is 5.19. The molecule has 0 heterocycles. The normalized spacial score (nSPS) is 33.5. The van der Waals surface area contributed by atoms with Gasteiger partial charge in [-0.15, -0.1) is 0 Å². The molecule has 68 valence electrons. The zero-order chi connectivity index (χ0) is 9.52. The molecule has 0 unspecified atom stereocenters. The molecule has 0 bridgehead atoms. The first-order valence-electron chi connectivity index (χ1n) is 4.16. The van der Waals surface area contributed by atoms with Crippen LogP contribution in [0.4, 0.5) is 0 Å². The van der Waals surface area contributed by atoms with Crippen molar-refractivity contribution in [2.24, 2.45) is 17.3 Å². The third kappa shape index (κ3) is 1.04. The van der Waals surface area contributed by atoms with Crippen LogP contribution in [0.25, 0.3) is 0 Å². The Labute approximate surface area is 71.8 Å². The SMILES string of the molecule is CC(=O)[C@@H]1C[C@@]1(C(=O)O)C(C)C. The van der Waals surface area contributed by atoms with Crippen molar-refractivity contribution in [3.05, 3.63) is 0 Å². The van der Waals surface area contributed by atoms with Gasteiger partial charge in [-0.2, -0.15) is 0 Å². The van der Waals surface area contributed by atoms with Crippen molar-refractivity contribution in [2.45, 2.75) is 27.2 Å². The van der Waals surface area contributed by atoms with E-state index < -0.39 is 11.4 Å². The molecule has 0 aromatic carbocycles. The van der Waals surface area contributed by atoms with Gasteiger partial charge in [0.05, 0.1) is 5.41 Å². The molecular weight excluding hydrogens is 156 g/mol. The molecule has 3 nitrogen and oxygen atoms in total. The van der Waals surface area contributed by atoms with Gasteiger partial charge in [-0.3, -0.25) is 9.59 Å². The van der Waals surface area contributed by atoms with E-state index in [0.717, 1.165) is 0 Å². The molecule has 0 spiro atoms. The summed E-state index contributed by atoms with van der Waals surface area (Å²) in [5.41, 5.74) is -0.744. The fourth-order valence-electron chi connectivity index (χ4n) is 1.91. The Balaban J connectivity index is 2.83. The Bertz CT molecular complexity index is 232. The summed E-state index contributed by atoms with van der Waals surface area (Å²) in [6.07, 6.45) is 0.523. The summed E-state index contributed by atoms with van der Waals surface area (Å²) in [5.74, 6) is -1.01. The van der Waals surface area contributed by atoms with Crippen molar-refractivity contribution in [3.63, 3.8) is 0 Å². The summed E-state index contributed by atoms with van der Waals surface area (Å²) in [5, 5.41) is 8.94. The quantitative estimate of drug-likeness (QED) is 0.695. The van der Waals surface area contributed by atoms with E-state index in [-0.39, 0.29) is 17.6 Å². The summed E-state index contributed by atoms with van der Waals surface area (Å²) in [4.78, 5) is 21.9. The van der Waals surface area contributed by atoms with Gasteiger partial charge in [0.1, 0.15) is 5.78 Å². The standard InChI is InChI=1S/C9H14O3/c1-5(2)9(8(11)12)4-7(9)6(3)10/h5,7H,4H2,1-3H3,(H,11,12)/t7-,9+/m0/s1. The molecule has 0 amide bonds. The number of aliphatic carboxylic acids is 1. The number of ketones is 1. The van der Waals surface area contributed by atoms with Crippen LogP contribution < -0.4 is 0 Å². The Morgan fingerprint density at radius 3 is 2.08 bits per heavy atom. The molecule has 1 fully saturated rings. The van der Waals surface area contributed by atoms with Crippen LogP contribution in [0.3, 0.4) is 0 Å². The number of Topliss-reactive ketones (excluding diaryl/α,β-unsaturated/α-hetero) is 1. The van der Waals surface area contributed by atoms with E-state index in [2.05, 4.69) is 0 Å². The van der Waals surface area contributed by atoms with Crippen molar-refractivity contribution < 1.29 is 14.7 Å². The van der Waals surface area contributed by atoms with Crippen molar-refractivity contribution in [1.82, 2.24) is 0 Å². The van der Waals surface area contributed by atoms with Gasteiger partial charge in [0, 0.05) is 5.92 Å². The third-order valence-electron chi connectivity index (χ3n) is 2.92. The highest BCUT2D eigenvalue weighted by Gasteiger charge is 2.64. The molecule has 12 heavy (non-hydrogen) atoms. The number of carboxylic acids is 1. The Morgan fingerprint density at radius 2 is 2.00 bits per heavy atom. The number of hydrogen-bond acceptors (Lipinski definition) is 2. The Morgan fingerprint density at radius 1 is 1.50 bits per heavy atom. The molecule has 1 aliphatic rings. The molecule has 0 aromatic rings. The van der Waals surface area contributed by atoms with Crippen molar-refractivity contribution in [2.75, 3.05) is 0 Å². The first-order valence-corrected chi connectivity index (χ1v) is 4.16. The largest absolute Gasteiger partial charge is 0.481 e. The van der Waals surface area contributed by atoms with Gasteiger partial charge in [-0.25, -0.2) is 0 Å². The minimum absolute atomic E-state index is 0.00565. The molecule has 3 heteroatoms. The predicted octanol–water partition coefficient (Wildman–Crippen LogP) is 1.32. The van der Waals surface area contributed by atoms with Crippen LogP contribution in [0.5, 0.6) is 0 Å². The maximum atomic E-state index is 11.0. The smallest absolute Gasteiger partial charge is 0.310 e. The summed E-state index contributed by atoms with van der Waals surface area (Å²) in [6, 6.07) is 0. The summed E-state index contributed by atoms with van der Waals surface area (Å²) >= 11 is 0. The van der Waals surface area contributed by atoms with Crippen LogP contribution >= 0.6 is 0 Å². The zero-order valence-corrected chi connectivity index (χ0v) is 7.63. The topological polar surface area (TPSA) is 54.4 Å². The van der Waals surface area contributed by atoms with Gasteiger partial charge in [0.2, 0.25) is 0 Å². The van der Waals surface area contributed by atoms with Crippen LogP contribution in [0.1, 0.15) is 27.2 Å². The average molecular weight is 170 g/mol. The van der Waals surface area contributed by atoms with E-state index >= 15 is 0 Å². The van der Waals surface area contributed by atoms with Gasteiger partial charge in [-0.05, 0) is 19.3 Å². The number of rotatable bonds is 3. The van der Waals surface area contributed by atoms with Crippen LogP contribution in [0.2, 0.25) is 0 Å². The maximum Gasteiger partial charge on any atom is 0.310 e. The Kier molecular flexibility index (Phi) is 1.98. The molecule has 1 saturated carbocycles. The molecule has 2 atom stereocenters. The van der Waals surface area contributed by atoms with Gasteiger partial charge >= 0.3 is 5.97 Å². The average Bonchev–Trinajstić information content (AvgIpc) is 2.60. The minimum Gasteiger partial charge on any atom is -0.481 e. The molecule has 0 saturated heterocycles. The van der Waals surface area contributed by atoms with Crippen molar-refractivity contribution in [3.8, 4) is 0 Å². The lowest BCUT2D eigenvalue weighted by atomic mass is 9.89. The Hall–Kier alpha value is -0.860. The number of carboxylic acid groups (broad SMARTS) is 1. The lowest BCUT2D eigenvalue weighted by molar-refractivity contribution is -0.147. The van der Waals surface area contributed by atoms with Gasteiger partial charge in [0.15, 0.2) is 0 Å². The molecule has 1 rings (SSSR count).